The summed E-state index contributed by atoms with van der Waals surface area (Å²) in [5.41, 5.74) is 0.942. The van der Waals surface area contributed by atoms with E-state index in [1.807, 2.05) is 53.5 Å². The van der Waals surface area contributed by atoms with Gasteiger partial charge in [-0.1, -0.05) is 6.07 Å². The van der Waals surface area contributed by atoms with Crippen LogP contribution in [0.25, 0.3) is 0 Å². The van der Waals surface area contributed by atoms with Gasteiger partial charge in [-0.3, -0.25) is 4.79 Å². The molecule has 0 saturated heterocycles. The summed E-state index contributed by atoms with van der Waals surface area (Å²) in [7, 11) is 3.50. The lowest BCUT2D eigenvalue weighted by Crippen LogP contribution is -2.37. The van der Waals surface area contributed by atoms with Crippen LogP contribution >= 0.6 is 0 Å². The molecule has 0 radical (unpaired) electrons. The normalized spacial score (nSPS) is 19.0. The summed E-state index contributed by atoms with van der Waals surface area (Å²) in [6, 6.07) is 7.63. The highest BCUT2D eigenvalue weighted by Crippen LogP contribution is 2.26. The van der Waals surface area contributed by atoms with E-state index in [1.54, 1.807) is 7.11 Å². The summed E-state index contributed by atoms with van der Waals surface area (Å²) in [5, 5.41) is 0. The van der Waals surface area contributed by atoms with Gasteiger partial charge in [0.25, 0.3) is 0 Å². The molecule has 4 heteroatoms. The summed E-state index contributed by atoms with van der Waals surface area (Å²) in [6.45, 7) is 0. The number of methoxy groups -OCH3 is 1. The van der Waals surface area contributed by atoms with Crippen LogP contribution in [-0.4, -0.2) is 31.5 Å². The van der Waals surface area contributed by atoms with Crippen LogP contribution in [0.1, 0.15) is 0 Å². The third-order valence-corrected chi connectivity index (χ3v) is 2.64. The maximum absolute atomic E-state index is 11.0. The van der Waals surface area contributed by atoms with Crippen molar-refractivity contribution in [3.05, 3.63) is 36.7 Å². The predicted molar refractivity (Wildman–Crippen MR) is 62.2 cm³/mol. The minimum absolute atomic E-state index is 0.271. The minimum Gasteiger partial charge on any atom is -0.497 e. The number of carbonyl (C=O) groups excluding carboxylic acids is 1. The molecule has 1 aliphatic heterocycles. The number of hydrogen-bond acceptors (Lipinski definition) is 4. The van der Waals surface area contributed by atoms with Crippen LogP contribution in [-0.2, 0) is 4.79 Å². The van der Waals surface area contributed by atoms with Gasteiger partial charge in [0.1, 0.15) is 5.75 Å². The molecule has 0 amide bonds. The Bertz CT molecular complexity index is 417. The van der Waals surface area contributed by atoms with Gasteiger partial charge in [0.15, 0.2) is 12.5 Å². The zero-order valence-electron chi connectivity index (χ0n) is 9.33. The largest absolute Gasteiger partial charge is 0.497 e. The van der Waals surface area contributed by atoms with E-state index < -0.39 is 0 Å². The molecule has 1 aliphatic rings. The van der Waals surface area contributed by atoms with Crippen molar-refractivity contribution < 1.29 is 9.53 Å². The monoisotopic (exact) mass is 218 g/mol. The third kappa shape index (κ3) is 1.74. The van der Waals surface area contributed by atoms with Gasteiger partial charge in [0, 0.05) is 31.2 Å². The van der Waals surface area contributed by atoms with Crippen LogP contribution in [0.3, 0.4) is 0 Å². The third-order valence-electron chi connectivity index (χ3n) is 2.64. The van der Waals surface area contributed by atoms with E-state index in [0.29, 0.717) is 0 Å². The molecule has 84 valence electrons. The summed E-state index contributed by atoms with van der Waals surface area (Å²) in [6.07, 6.45) is 4.40. The topological polar surface area (TPSA) is 32.8 Å². The first-order chi connectivity index (χ1) is 7.76. The van der Waals surface area contributed by atoms with Crippen LogP contribution in [0, 0.1) is 0 Å². The lowest BCUT2D eigenvalue weighted by Gasteiger charge is -2.25. The maximum atomic E-state index is 11.0. The number of benzene rings is 1. The molecule has 1 aromatic rings. The first-order valence-corrected chi connectivity index (χ1v) is 5.04. The van der Waals surface area contributed by atoms with Crippen molar-refractivity contribution in [2.45, 2.75) is 6.17 Å². The van der Waals surface area contributed by atoms with Crippen molar-refractivity contribution in [1.82, 2.24) is 4.90 Å². The van der Waals surface area contributed by atoms with E-state index in [1.165, 1.54) is 0 Å². The van der Waals surface area contributed by atoms with Gasteiger partial charge in [-0.25, -0.2) is 0 Å². The van der Waals surface area contributed by atoms with Gasteiger partial charge >= 0.3 is 0 Å². The number of likely N-dealkylation sites (N-methyl/N-ethyl adjacent to an activating group) is 1. The molecular weight excluding hydrogens is 204 g/mol. The van der Waals surface area contributed by atoms with E-state index in [9.17, 15) is 4.79 Å². The Labute approximate surface area is 94.7 Å². The zero-order valence-corrected chi connectivity index (χ0v) is 9.33. The van der Waals surface area contributed by atoms with Crippen molar-refractivity contribution >= 4 is 12.0 Å². The minimum atomic E-state index is -0.271. The average molecular weight is 218 g/mol. The first kappa shape index (κ1) is 10.5. The number of aldehydes is 1. The molecule has 1 atom stereocenters. The van der Waals surface area contributed by atoms with Gasteiger partial charge in [-0.15, -0.1) is 0 Å². The second kappa shape index (κ2) is 4.26. The summed E-state index contributed by atoms with van der Waals surface area (Å²) in [5.74, 6) is 0.783. The quantitative estimate of drug-likeness (QED) is 0.719. The number of ether oxygens (including phenoxy) is 1. The fraction of sp³-hybridized carbons (Fsp3) is 0.250. The molecular formula is C12H14N2O2. The van der Waals surface area contributed by atoms with Gasteiger partial charge < -0.3 is 14.5 Å². The summed E-state index contributed by atoms with van der Waals surface area (Å²) >= 11 is 0. The molecule has 0 spiro atoms. The lowest BCUT2D eigenvalue weighted by molar-refractivity contribution is -0.110. The Hall–Kier alpha value is -1.97. The molecule has 1 aromatic carbocycles. The van der Waals surface area contributed by atoms with Crippen LogP contribution in [0.4, 0.5) is 5.69 Å². The predicted octanol–water partition coefficient (Wildman–Crippen LogP) is 1.44. The highest BCUT2D eigenvalue weighted by atomic mass is 16.5. The standard InChI is InChI=1S/C12H14N2O2/c1-13-6-7-14(12(13)9-15)10-4-3-5-11(8-10)16-2/h3-9,12H,1-2H3. The first-order valence-electron chi connectivity index (χ1n) is 5.04. The Morgan fingerprint density at radius 1 is 1.38 bits per heavy atom. The van der Waals surface area contributed by atoms with Crippen molar-refractivity contribution in [2.24, 2.45) is 0 Å². The second-order valence-electron chi connectivity index (χ2n) is 3.62. The molecule has 16 heavy (non-hydrogen) atoms. The molecule has 0 N–H and O–H groups in total. The Morgan fingerprint density at radius 2 is 2.19 bits per heavy atom. The van der Waals surface area contributed by atoms with E-state index in [4.69, 9.17) is 4.74 Å². The Kier molecular flexibility index (Phi) is 2.81. The number of hydrogen-bond donors (Lipinski definition) is 0. The van der Waals surface area contributed by atoms with Gasteiger partial charge in [0.05, 0.1) is 7.11 Å². The van der Waals surface area contributed by atoms with Crippen LogP contribution in [0.15, 0.2) is 36.7 Å². The van der Waals surface area contributed by atoms with E-state index in [0.717, 1.165) is 17.7 Å². The Balaban J connectivity index is 2.30. The number of nitrogens with zero attached hydrogens (tertiary/aromatic N) is 2. The number of anilines is 1. The van der Waals surface area contributed by atoms with Crippen molar-refractivity contribution in [3.8, 4) is 5.75 Å². The average Bonchev–Trinajstić information content (AvgIpc) is 2.70. The van der Waals surface area contributed by atoms with E-state index in [2.05, 4.69) is 0 Å². The zero-order chi connectivity index (χ0) is 11.5. The van der Waals surface area contributed by atoms with Crippen molar-refractivity contribution in [3.63, 3.8) is 0 Å². The molecule has 0 bridgehead atoms. The van der Waals surface area contributed by atoms with Crippen LogP contribution in [0.2, 0.25) is 0 Å². The van der Waals surface area contributed by atoms with Crippen molar-refractivity contribution in [2.75, 3.05) is 19.1 Å². The molecule has 1 unspecified atom stereocenters. The molecule has 0 aromatic heterocycles. The van der Waals surface area contributed by atoms with E-state index in [-0.39, 0.29) is 6.17 Å². The van der Waals surface area contributed by atoms with Crippen LogP contribution in [0.5, 0.6) is 5.75 Å². The van der Waals surface area contributed by atoms with Crippen molar-refractivity contribution in [1.29, 1.82) is 0 Å². The summed E-state index contributed by atoms with van der Waals surface area (Å²) in [4.78, 5) is 14.8. The molecule has 4 nitrogen and oxygen atoms in total. The van der Waals surface area contributed by atoms with Crippen LogP contribution < -0.4 is 9.64 Å². The smallest absolute Gasteiger partial charge is 0.163 e. The molecule has 0 saturated carbocycles. The number of rotatable bonds is 3. The molecule has 0 aliphatic carbocycles. The molecule has 1 heterocycles. The van der Waals surface area contributed by atoms with Gasteiger partial charge in [0.2, 0.25) is 0 Å². The molecule has 0 fully saturated rings. The molecule has 2 rings (SSSR count). The SMILES string of the molecule is COc1cccc(N2C=CN(C)C2C=O)c1. The fourth-order valence-corrected chi connectivity index (χ4v) is 1.72. The second-order valence-corrected chi connectivity index (χ2v) is 3.62. The van der Waals surface area contributed by atoms with E-state index >= 15 is 0 Å². The fourth-order valence-electron chi connectivity index (χ4n) is 1.72. The summed E-state index contributed by atoms with van der Waals surface area (Å²) < 4.78 is 5.16. The Morgan fingerprint density at radius 3 is 2.88 bits per heavy atom. The number of carbonyl (C=O) groups is 1. The lowest BCUT2D eigenvalue weighted by atomic mass is 10.2. The highest BCUT2D eigenvalue weighted by Gasteiger charge is 2.24. The highest BCUT2D eigenvalue weighted by molar-refractivity contribution is 5.69. The van der Waals surface area contributed by atoms with Gasteiger partial charge in [-0.2, -0.15) is 0 Å². The maximum Gasteiger partial charge on any atom is 0.163 e. The van der Waals surface area contributed by atoms with Gasteiger partial charge in [-0.05, 0) is 12.1 Å².